The first-order chi connectivity index (χ1) is 13.9. The Morgan fingerprint density at radius 1 is 1.17 bits per heavy atom. The summed E-state index contributed by atoms with van der Waals surface area (Å²) in [7, 11) is 0. The molecule has 0 aromatic carbocycles. The number of hydrogen-bond acceptors (Lipinski definition) is 6. The minimum absolute atomic E-state index is 0.0546. The van der Waals surface area contributed by atoms with E-state index in [0.717, 1.165) is 34.2 Å². The Hall–Kier alpha value is -2.45. The maximum absolute atomic E-state index is 12.8. The number of aryl methyl sites for hydroxylation is 3. The molecule has 9 heteroatoms. The minimum Gasteiger partial charge on any atom is -0.353 e. The van der Waals surface area contributed by atoms with Gasteiger partial charge in [-0.15, -0.1) is 11.3 Å². The Kier molecular flexibility index (Phi) is 5.56. The summed E-state index contributed by atoms with van der Waals surface area (Å²) in [5.41, 5.74) is 0.915. The van der Waals surface area contributed by atoms with E-state index in [1.807, 2.05) is 30.9 Å². The Balaban J connectivity index is 1.36. The van der Waals surface area contributed by atoms with Crippen molar-refractivity contribution in [3.8, 4) is 0 Å². The van der Waals surface area contributed by atoms with Crippen LogP contribution < -0.4 is 10.5 Å². The van der Waals surface area contributed by atoms with Gasteiger partial charge < -0.3 is 9.80 Å². The fraction of sp³-hybridized carbons (Fsp3) is 0.400. The molecule has 1 aliphatic rings. The monoisotopic (exact) mass is 431 g/mol. The van der Waals surface area contributed by atoms with Gasteiger partial charge in [0.1, 0.15) is 10.6 Å². The molecule has 0 N–H and O–H groups in total. The fourth-order valence-corrected chi connectivity index (χ4v) is 4.64. The maximum Gasteiger partial charge on any atom is 0.262 e. The molecule has 7 nitrogen and oxygen atoms in total. The van der Waals surface area contributed by atoms with Gasteiger partial charge in [-0.1, -0.05) is 11.6 Å². The predicted octanol–water partition coefficient (Wildman–Crippen LogP) is 2.86. The standard InChI is InChI=1S/C20H22ClN5O2S/c1-13-14(2)29-19-18(13)20(28)26(12-23-19)6-5-17(27)25-9-7-24(8-10-25)16-4-3-15(21)11-22-16/h3-4,11-12H,5-10H2,1-2H3. The second kappa shape index (κ2) is 8.12. The van der Waals surface area contributed by atoms with Crippen LogP contribution in [-0.4, -0.2) is 51.5 Å². The number of thiophene rings is 1. The molecule has 0 spiro atoms. The van der Waals surface area contributed by atoms with Gasteiger partial charge in [0.05, 0.1) is 16.7 Å². The lowest BCUT2D eigenvalue weighted by molar-refractivity contribution is -0.131. The number of amides is 1. The highest BCUT2D eigenvalue weighted by molar-refractivity contribution is 7.18. The lowest BCUT2D eigenvalue weighted by atomic mass is 10.2. The van der Waals surface area contributed by atoms with Crippen LogP contribution in [0.4, 0.5) is 5.82 Å². The summed E-state index contributed by atoms with van der Waals surface area (Å²) in [5, 5.41) is 1.28. The molecule has 1 amide bonds. The topological polar surface area (TPSA) is 71.3 Å². The van der Waals surface area contributed by atoms with Crippen LogP contribution in [0.5, 0.6) is 0 Å². The van der Waals surface area contributed by atoms with Crippen LogP contribution in [-0.2, 0) is 11.3 Å². The predicted molar refractivity (Wildman–Crippen MR) is 116 cm³/mol. The van der Waals surface area contributed by atoms with E-state index in [4.69, 9.17) is 11.6 Å². The molecule has 0 atom stereocenters. The highest BCUT2D eigenvalue weighted by atomic mass is 35.5. The summed E-state index contributed by atoms with van der Waals surface area (Å²) >= 11 is 7.42. The van der Waals surface area contributed by atoms with Gasteiger partial charge in [-0.3, -0.25) is 14.2 Å². The Labute approximate surface area is 177 Å². The van der Waals surface area contributed by atoms with Gasteiger partial charge in [-0.25, -0.2) is 9.97 Å². The number of hydrogen-bond donors (Lipinski definition) is 0. The first-order valence-corrected chi connectivity index (χ1v) is 10.7. The third-order valence-electron chi connectivity index (χ3n) is 5.39. The average Bonchev–Trinajstić information content (AvgIpc) is 3.02. The van der Waals surface area contributed by atoms with Crippen LogP contribution in [0.3, 0.4) is 0 Å². The molecule has 1 fully saturated rings. The third-order valence-corrected chi connectivity index (χ3v) is 6.73. The van der Waals surface area contributed by atoms with Gasteiger partial charge in [-0.2, -0.15) is 0 Å². The molecular formula is C20H22ClN5O2S. The van der Waals surface area contributed by atoms with E-state index in [1.165, 1.54) is 11.3 Å². The number of fused-ring (bicyclic) bond motifs is 1. The van der Waals surface area contributed by atoms with Crippen LogP contribution in [0, 0.1) is 13.8 Å². The molecule has 0 aliphatic carbocycles. The molecule has 152 valence electrons. The van der Waals surface area contributed by atoms with Crippen molar-refractivity contribution in [2.75, 3.05) is 31.1 Å². The molecule has 3 aromatic heterocycles. The summed E-state index contributed by atoms with van der Waals surface area (Å²) < 4.78 is 1.55. The molecule has 1 aliphatic heterocycles. The van der Waals surface area contributed by atoms with Crippen LogP contribution >= 0.6 is 22.9 Å². The van der Waals surface area contributed by atoms with Crippen LogP contribution in [0.2, 0.25) is 5.02 Å². The minimum atomic E-state index is -0.0664. The van der Waals surface area contributed by atoms with E-state index in [9.17, 15) is 9.59 Å². The van der Waals surface area contributed by atoms with Crippen LogP contribution in [0.1, 0.15) is 16.9 Å². The summed E-state index contributed by atoms with van der Waals surface area (Å²) in [6.45, 7) is 7.00. The van der Waals surface area contributed by atoms with Crippen molar-refractivity contribution in [1.82, 2.24) is 19.4 Å². The summed E-state index contributed by atoms with van der Waals surface area (Å²) in [6, 6.07) is 3.71. The van der Waals surface area contributed by atoms with Crippen LogP contribution in [0.25, 0.3) is 10.2 Å². The van der Waals surface area contributed by atoms with Gasteiger partial charge in [0, 0.05) is 50.2 Å². The van der Waals surface area contributed by atoms with E-state index in [1.54, 1.807) is 17.1 Å². The molecule has 0 bridgehead atoms. The van der Waals surface area contributed by atoms with Gasteiger partial charge in [0.25, 0.3) is 5.56 Å². The van der Waals surface area contributed by atoms with Crippen molar-refractivity contribution in [2.45, 2.75) is 26.8 Å². The fourth-order valence-electron chi connectivity index (χ4n) is 3.54. The molecular weight excluding hydrogens is 410 g/mol. The van der Waals surface area contributed by atoms with E-state index < -0.39 is 0 Å². The average molecular weight is 432 g/mol. The Morgan fingerprint density at radius 3 is 2.62 bits per heavy atom. The molecule has 3 aromatic rings. The van der Waals surface area contributed by atoms with Crippen molar-refractivity contribution in [1.29, 1.82) is 0 Å². The van der Waals surface area contributed by atoms with E-state index in [2.05, 4.69) is 14.9 Å². The number of aromatic nitrogens is 3. The van der Waals surface area contributed by atoms with Crippen molar-refractivity contribution in [2.24, 2.45) is 0 Å². The highest BCUT2D eigenvalue weighted by Crippen LogP contribution is 2.25. The van der Waals surface area contributed by atoms with Gasteiger partial charge in [-0.05, 0) is 31.5 Å². The molecule has 1 saturated heterocycles. The van der Waals surface area contributed by atoms with Crippen LogP contribution in [0.15, 0.2) is 29.5 Å². The van der Waals surface area contributed by atoms with Crippen molar-refractivity contribution in [3.63, 3.8) is 0 Å². The van der Waals surface area contributed by atoms with Crippen molar-refractivity contribution >= 4 is 44.9 Å². The van der Waals surface area contributed by atoms with Gasteiger partial charge in [0.15, 0.2) is 0 Å². The molecule has 29 heavy (non-hydrogen) atoms. The summed E-state index contributed by atoms with van der Waals surface area (Å²) in [4.78, 5) is 40.0. The number of nitrogens with zero attached hydrogens (tertiary/aromatic N) is 5. The third kappa shape index (κ3) is 4.00. The van der Waals surface area contributed by atoms with Crippen molar-refractivity contribution < 1.29 is 4.79 Å². The SMILES string of the molecule is Cc1sc2ncn(CCC(=O)N3CCN(c4ccc(Cl)cn4)CC3)c(=O)c2c1C. The number of carbonyl (C=O) groups is 1. The smallest absolute Gasteiger partial charge is 0.262 e. The first-order valence-electron chi connectivity index (χ1n) is 9.53. The zero-order chi connectivity index (χ0) is 20.5. The van der Waals surface area contributed by atoms with Gasteiger partial charge >= 0.3 is 0 Å². The number of pyridine rings is 1. The zero-order valence-electron chi connectivity index (χ0n) is 16.4. The highest BCUT2D eigenvalue weighted by Gasteiger charge is 2.22. The largest absolute Gasteiger partial charge is 0.353 e. The molecule has 4 rings (SSSR count). The Morgan fingerprint density at radius 2 is 1.93 bits per heavy atom. The zero-order valence-corrected chi connectivity index (χ0v) is 18.0. The summed E-state index contributed by atoms with van der Waals surface area (Å²) in [6.07, 6.45) is 3.47. The summed E-state index contributed by atoms with van der Waals surface area (Å²) in [5.74, 6) is 0.924. The second-order valence-corrected chi connectivity index (χ2v) is 8.80. The normalized spacial score (nSPS) is 14.6. The maximum atomic E-state index is 12.8. The number of rotatable bonds is 4. The van der Waals surface area contributed by atoms with E-state index >= 15 is 0 Å². The number of carbonyl (C=O) groups excluding carboxylic acids is 1. The number of halogens is 1. The first kappa shape index (κ1) is 19.8. The Bertz CT molecular complexity index is 1100. The lowest BCUT2D eigenvalue weighted by Crippen LogP contribution is -2.49. The lowest BCUT2D eigenvalue weighted by Gasteiger charge is -2.35. The van der Waals surface area contributed by atoms with Crippen molar-refractivity contribution in [3.05, 3.63) is 50.5 Å². The quantitative estimate of drug-likeness (QED) is 0.635. The second-order valence-electron chi connectivity index (χ2n) is 7.16. The molecule has 0 unspecified atom stereocenters. The van der Waals surface area contributed by atoms with E-state index in [0.29, 0.717) is 30.0 Å². The molecule has 0 radical (unpaired) electrons. The number of piperazine rings is 1. The number of anilines is 1. The molecule has 4 heterocycles. The van der Waals surface area contributed by atoms with Gasteiger partial charge in [0.2, 0.25) is 5.91 Å². The molecule has 0 saturated carbocycles. The van der Waals surface area contributed by atoms with E-state index in [-0.39, 0.29) is 17.9 Å².